The van der Waals surface area contributed by atoms with Gasteiger partial charge in [-0.05, 0) is 25.3 Å². The molecule has 0 bridgehead atoms. The van der Waals surface area contributed by atoms with Gasteiger partial charge < -0.3 is 20.1 Å². The molecule has 0 aliphatic rings. The second-order valence-corrected chi connectivity index (χ2v) is 14.7. The van der Waals surface area contributed by atoms with Crippen molar-refractivity contribution in [2.24, 2.45) is 5.73 Å². The molecule has 0 fully saturated rings. The minimum Gasteiger partial charge on any atom is -0.498 e. The summed E-state index contributed by atoms with van der Waals surface area (Å²) in [4.78, 5) is 22.3. The first-order valence-electron chi connectivity index (χ1n) is 19.7. The van der Waals surface area contributed by atoms with E-state index in [1.165, 1.54) is 141 Å². The molecule has 0 spiro atoms. The number of carbonyl (C=O) groups excluding carboxylic acids is 1. The standard InChI is InChI=1S/C38H76NO7P/c1-3-5-7-9-11-13-15-17-18-19-20-22-24-26-28-30-33-43-35-37(36-45-47(41,42)44-34-32-39)46-38(40)31-29-27-25-23-21-16-14-12-10-8-6-4-2/h30,33,37H,3-29,31-32,34-36,39H2,1-2H3,(H,41,42)/t37-/m1/s1. The van der Waals surface area contributed by atoms with Gasteiger partial charge in [0.15, 0.2) is 6.10 Å². The Labute approximate surface area is 290 Å². The summed E-state index contributed by atoms with van der Waals surface area (Å²) in [5.74, 6) is -0.351. The molecular formula is C38H76NO7P. The predicted molar refractivity (Wildman–Crippen MR) is 196 cm³/mol. The highest BCUT2D eigenvalue weighted by atomic mass is 31.2. The van der Waals surface area contributed by atoms with Crippen molar-refractivity contribution in [1.29, 1.82) is 0 Å². The number of rotatable bonds is 38. The Morgan fingerprint density at radius 1 is 0.638 bits per heavy atom. The average molecular weight is 690 g/mol. The third-order valence-electron chi connectivity index (χ3n) is 8.53. The molecular weight excluding hydrogens is 613 g/mol. The van der Waals surface area contributed by atoms with E-state index in [9.17, 15) is 14.3 Å². The Kier molecular flexibility index (Phi) is 35.7. The molecule has 0 aliphatic carbocycles. The lowest BCUT2D eigenvalue weighted by Gasteiger charge is -2.19. The van der Waals surface area contributed by atoms with Gasteiger partial charge >= 0.3 is 13.8 Å². The van der Waals surface area contributed by atoms with Gasteiger partial charge in [0.1, 0.15) is 6.61 Å². The fraction of sp³-hybridized carbons (Fsp3) is 0.921. The Morgan fingerprint density at radius 2 is 1.06 bits per heavy atom. The topological polar surface area (TPSA) is 117 Å². The number of phosphoric acid groups is 1. The van der Waals surface area contributed by atoms with Crippen molar-refractivity contribution in [3.05, 3.63) is 12.3 Å². The zero-order valence-corrected chi connectivity index (χ0v) is 31.7. The maximum Gasteiger partial charge on any atom is 0.472 e. The van der Waals surface area contributed by atoms with Gasteiger partial charge in [0, 0.05) is 13.0 Å². The van der Waals surface area contributed by atoms with Crippen LogP contribution < -0.4 is 5.73 Å². The van der Waals surface area contributed by atoms with Crippen LogP contribution >= 0.6 is 7.82 Å². The normalized spacial score (nSPS) is 13.6. The van der Waals surface area contributed by atoms with E-state index in [1.54, 1.807) is 6.26 Å². The van der Waals surface area contributed by atoms with Crippen molar-refractivity contribution >= 4 is 13.8 Å². The van der Waals surface area contributed by atoms with Crippen LogP contribution in [0.3, 0.4) is 0 Å². The first-order chi connectivity index (χ1) is 22.9. The van der Waals surface area contributed by atoms with Crippen LogP contribution in [0.4, 0.5) is 0 Å². The van der Waals surface area contributed by atoms with Crippen LogP contribution in [0.25, 0.3) is 0 Å². The largest absolute Gasteiger partial charge is 0.498 e. The molecule has 0 rings (SSSR count). The van der Waals surface area contributed by atoms with Gasteiger partial charge in [0.25, 0.3) is 0 Å². The number of ether oxygens (including phenoxy) is 2. The van der Waals surface area contributed by atoms with E-state index in [0.717, 1.165) is 32.1 Å². The van der Waals surface area contributed by atoms with Crippen molar-refractivity contribution in [3.8, 4) is 0 Å². The monoisotopic (exact) mass is 690 g/mol. The van der Waals surface area contributed by atoms with Crippen molar-refractivity contribution in [2.45, 2.75) is 200 Å². The summed E-state index contributed by atoms with van der Waals surface area (Å²) in [6, 6.07) is 0. The molecule has 0 heterocycles. The molecule has 0 amide bonds. The molecule has 8 nitrogen and oxygen atoms in total. The van der Waals surface area contributed by atoms with E-state index >= 15 is 0 Å². The number of nitrogens with two attached hydrogens (primary N) is 1. The number of carbonyl (C=O) groups is 1. The van der Waals surface area contributed by atoms with Crippen LogP contribution in [-0.4, -0.2) is 43.3 Å². The predicted octanol–water partition coefficient (Wildman–Crippen LogP) is 11.5. The number of hydrogen-bond acceptors (Lipinski definition) is 7. The molecule has 3 N–H and O–H groups in total. The van der Waals surface area contributed by atoms with Crippen molar-refractivity contribution < 1.29 is 32.8 Å². The second kappa shape index (κ2) is 36.4. The van der Waals surface area contributed by atoms with Crippen LogP contribution in [0.15, 0.2) is 12.3 Å². The molecule has 9 heteroatoms. The van der Waals surface area contributed by atoms with Gasteiger partial charge in [-0.1, -0.05) is 168 Å². The Balaban J connectivity index is 4.09. The lowest BCUT2D eigenvalue weighted by atomic mass is 10.0. The number of phosphoric ester groups is 1. The first-order valence-corrected chi connectivity index (χ1v) is 21.2. The van der Waals surface area contributed by atoms with Crippen LogP contribution in [0.1, 0.15) is 194 Å². The number of hydrogen-bond donors (Lipinski definition) is 2. The summed E-state index contributed by atoms with van der Waals surface area (Å²) in [7, 11) is -4.28. The minimum absolute atomic E-state index is 0.0380. The number of allylic oxidation sites excluding steroid dienone is 1. The zero-order chi connectivity index (χ0) is 34.5. The first kappa shape index (κ1) is 46.1. The lowest BCUT2D eigenvalue weighted by molar-refractivity contribution is -0.153. The Hall–Kier alpha value is -0.920. The van der Waals surface area contributed by atoms with Gasteiger partial charge in [-0.15, -0.1) is 0 Å². The maximum atomic E-state index is 12.5. The summed E-state index contributed by atoms with van der Waals surface area (Å²) in [6.45, 7) is 4.25. The van der Waals surface area contributed by atoms with E-state index in [4.69, 9.17) is 24.3 Å². The zero-order valence-electron chi connectivity index (χ0n) is 30.8. The smallest absolute Gasteiger partial charge is 0.472 e. The van der Waals surface area contributed by atoms with E-state index in [1.807, 2.05) is 6.08 Å². The molecule has 47 heavy (non-hydrogen) atoms. The minimum atomic E-state index is -4.28. The quantitative estimate of drug-likeness (QED) is 0.0285. The molecule has 0 aromatic heterocycles. The average Bonchev–Trinajstić information content (AvgIpc) is 3.06. The molecule has 0 saturated heterocycles. The Bertz CT molecular complexity index is 737. The van der Waals surface area contributed by atoms with E-state index < -0.39 is 13.9 Å². The van der Waals surface area contributed by atoms with Gasteiger partial charge in [-0.2, -0.15) is 0 Å². The summed E-state index contributed by atoms with van der Waals surface area (Å²) in [6.07, 6.45) is 37.4. The van der Waals surface area contributed by atoms with E-state index in [2.05, 4.69) is 13.8 Å². The molecule has 0 aromatic rings. The fourth-order valence-corrected chi connectivity index (χ4v) is 6.37. The van der Waals surface area contributed by atoms with Crippen molar-refractivity contribution in [2.75, 3.05) is 26.4 Å². The van der Waals surface area contributed by atoms with Crippen LogP contribution in [0.2, 0.25) is 0 Å². The number of unbranched alkanes of at least 4 members (excludes halogenated alkanes) is 25. The molecule has 0 aromatic carbocycles. The summed E-state index contributed by atoms with van der Waals surface area (Å²) in [5, 5.41) is 0. The maximum absolute atomic E-state index is 12.5. The highest BCUT2D eigenvalue weighted by Crippen LogP contribution is 2.43. The van der Waals surface area contributed by atoms with Crippen LogP contribution in [-0.2, 0) is 27.9 Å². The van der Waals surface area contributed by atoms with Gasteiger partial charge in [0.2, 0.25) is 0 Å². The molecule has 280 valence electrons. The fourth-order valence-electron chi connectivity index (χ4n) is 5.61. The summed E-state index contributed by atoms with van der Waals surface area (Å²) >= 11 is 0. The van der Waals surface area contributed by atoms with E-state index in [-0.39, 0.29) is 32.3 Å². The number of esters is 1. The van der Waals surface area contributed by atoms with E-state index in [0.29, 0.717) is 6.42 Å². The van der Waals surface area contributed by atoms with Crippen LogP contribution in [0, 0.1) is 0 Å². The summed E-state index contributed by atoms with van der Waals surface area (Å²) < 4.78 is 33.1. The van der Waals surface area contributed by atoms with Crippen molar-refractivity contribution in [1.82, 2.24) is 0 Å². The molecule has 2 atom stereocenters. The molecule has 0 saturated carbocycles. The SMILES string of the molecule is CCCCCCCCCCCCCCCCC=COC[C@H](COP(=O)(O)OCCN)OC(=O)CCCCCCCCCCCCCC. The summed E-state index contributed by atoms with van der Waals surface area (Å²) in [5.41, 5.74) is 5.35. The van der Waals surface area contributed by atoms with Crippen molar-refractivity contribution in [3.63, 3.8) is 0 Å². The van der Waals surface area contributed by atoms with Gasteiger partial charge in [0.05, 0.1) is 19.5 Å². The third kappa shape index (κ3) is 36.2. The van der Waals surface area contributed by atoms with Crippen LogP contribution in [0.5, 0.6) is 0 Å². The Morgan fingerprint density at radius 3 is 1.51 bits per heavy atom. The lowest BCUT2D eigenvalue weighted by Crippen LogP contribution is -2.27. The molecule has 1 unspecified atom stereocenters. The molecule has 0 aliphatic heterocycles. The van der Waals surface area contributed by atoms with Gasteiger partial charge in [-0.25, -0.2) is 4.57 Å². The molecule has 0 radical (unpaired) electrons. The van der Waals surface area contributed by atoms with Gasteiger partial charge in [-0.3, -0.25) is 13.8 Å². The highest BCUT2D eigenvalue weighted by molar-refractivity contribution is 7.47. The third-order valence-corrected chi connectivity index (χ3v) is 9.51. The second-order valence-electron chi connectivity index (χ2n) is 13.2. The highest BCUT2D eigenvalue weighted by Gasteiger charge is 2.25.